The van der Waals surface area contributed by atoms with Crippen molar-refractivity contribution in [3.05, 3.63) is 46.3 Å². The maximum atomic E-state index is 12.6. The van der Waals surface area contributed by atoms with Crippen LogP contribution in [0.3, 0.4) is 0 Å². The van der Waals surface area contributed by atoms with Gasteiger partial charge in [-0.15, -0.1) is 0 Å². The summed E-state index contributed by atoms with van der Waals surface area (Å²) in [6.07, 6.45) is 2.12. The summed E-state index contributed by atoms with van der Waals surface area (Å²) in [7, 11) is 0. The van der Waals surface area contributed by atoms with Gasteiger partial charge in [0.15, 0.2) is 0 Å². The zero-order chi connectivity index (χ0) is 17.8. The number of hydrogen-bond acceptors (Lipinski definition) is 5. The molecule has 0 atom stereocenters. The van der Waals surface area contributed by atoms with Crippen molar-refractivity contribution in [3.8, 4) is 0 Å². The van der Waals surface area contributed by atoms with Crippen molar-refractivity contribution in [2.24, 2.45) is 0 Å². The van der Waals surface area contributed by atoms with Crippen LogP contribution in [0, 0.1) is 0 Å². The predicted octanol–water partition coefficient (Wildman–Crippen LogP) is 2.44. The lowest BCUT2D eigenvalue weighted by atomic mass is 10.2. The zero-order valence-electron chi connectivity index (χ0n) is 13.2. The van der Waals surface area contributed by atoms with Gasteiger partial charge in [0.05, 0.1) is 10.7 Å². The Labute approximate surface area is 154 Å². The molecule has 2 amide bonds. The number of aromatic nitrogens is 2. The number of nitrogens with zero attached hydrogens (tertiary/aromatic N) is 4. The second kappa shape index (κ2) is 7.67. The second-order valence-corrected chi connectivity index (χ2v) is 6.31. The maximum Gasteiger partial charge on any atom is 0.272 e. The monoisotopic (exact) mass is 379 g/mol. The number of benzene rings is 1. The molecule has 9 heteroatoms. The van der Waals surface area contributed by atoms with Crippen molar-refractivity contribution >= 4 is 47.0 Å². The van der Waals surface area contributed by atoms with Crippen molar-refractivity contribution in [1.82, 2.24) is 19.8 Å². The molecule has 1 aliphatic heterocycles. The number of anilines is 2. The van der Waals surface area contributed by atoms with E-state index in [0.29, 0.717) is 47.7 Å². The second-order valence-electron chi connectivity index (χ2n) is 5.47. The van der Waals surface area contributed by atoms with E-state index < -0.39 is 0 Å². The highest BCUT2D eigenvalue weighted by molar-refractivity contribution is 6.36. The number of halogens is 2. The van der Waals surface area contributed by atoms with E-state index in [2.05, 4.69) is 15.3 Å². The van der Waals surface area contributed by atoms with Gasteiger partial charge >= 0.3 is 0 Å². The van der Waals surface area contributed by atoms with Crippen LogP contribution in [0.15, 0.2) is 30.6 Å². The Morgan fingerprint density at radius 2 is 1.88 bits per heavy atom. The highest BCUT2D eigenvalue weighted by Gasteiger charge is 2.22. The first-order valence-electron chi connectivity index (χ1n) is 7.59. The SMILES string of the molecule is O=CN1CCN(C(=O)c2cc(Nc3ccc(Cl)cc3Cl)ncn2)CC1. The molecule has 25 heavy (non-hydrogen) atoms. The van der Waals surface area contributed by atoms with Crippen molar-refractivity contribution in [2.75, 3.05) is 31.5 Å². The summed E-state index contributed by atoms with van der Waals surface area (Å²) in [5.74, 6) is 0.257. The largest absolute Gasteiger partial charge is 0.342 e. The molecule has 1 aromatic carbocycles. The van der Waals surface area contributed by atoms with Gasteiger partial charge in [-0.25, -0.2) is 9.97 Å². The molecule has 130 valence electrons. The molecular formula is C16H15Cl2N5O2. The fourth-order valence-corrected chi connectivity index (χ4v) is 2.92. The van der Waals surface area contributed by atoms with E-state index in [4.69, 9.17) is 23.2 Å². The summed E-state index contributed by atoms with van der Waals surface area (Å²) < 4.78 is 0. The van der Waals surface area contributed by atoms with Crippen LogP contribution in [0.1, 0.15) is 10.5 Å². The first-order valence-corrected chi connectivity index (χ1v) is 8.35. The quantitative estimate of drug-likeness (QED) is 0.825. The van der Waals surface area contributed by atoms with Crippen LogP contribution in [0.2, 0.25) is 10.0 Å². The summed E-state index contributed by atoms with van der Waals surface area (Å²) >= 11 is 12.0. The molecule has 0 spiro atoms. The molecule has 2 heterocycles. The van der Waals surface area contributed by atoms with E-state index >= 15 is 0 Å². The minimum Gasteiger partial charge on any atom is -0.342 e. The van der Waals surface area contributed by atoms with Gasteiger partial charge in [-0.2, -0.15) is 0 Å². The third-order valence-electron chi connectivity index (χ3n) is 3.83. The van der Waals surface area contributed by atoms with Crippen LogP contribution in [0.25, 0.3) is 0 Å². The Balaban J connectivity index is 1.73. The average molecular weight is 380 g/mol. The average Bonchev–Trinajstić information content (AvgIpc) is 2.64. The van der Waals surface area contributed by atoms with E-state index in [-0.39, 0.29) is 11.6 Å². The van der Waals surface area contributed by atoms with E-state index in [9.17, 15) is 9.59 Å². The Hall–Kier alpha value is -2.38. The lowest BCUT2D eigenvalue weighted by Crippen LogP contribution is -2.48. The minimum atomic E-state index is -0.196. The topological polar surface area (TPSA) is 78.4 Å². The first kappa shape index (κ1) is 17.4. The fourth-order valence-electron chi connectivity index (χ4n) is 2.46. The third-order valence-corrected chi connectivity index (χ3v) is 4.38. The van der Waals surface area contributed by atoms with Crippen LogP contribution in [0.5, 0.6) is 0 Å². The smallest absolute Gasteiger partial charge is 0.272 e. The maximum absolute atomic E-state index is 12.6. The third kappa shape index (κ3) is 4.18. The number of amides is 2. The molecule has 0 radical (unpaired) electrons. The van der Waals surface area contributed by atoms with Gasteiger partial charge < -0.3 is 15.1 Å². The van der Waals surface area contributed by atoms with Gasteiger partial charge in [0.25, 0.3) is 5.91 Å². The predicted molar refractivity (Wildman–Crippen MR) is 95.3 cm³/mol. The minimum absolute atomic E-state index is 0.196. The van der Waals surface area contributed by atoms with Crippen molar-refractivity contribution in [1.29, 1.82) is 0 Å². The normalized spacial score (nSPS) is 14.3. The molecule has 3 rings (SSSR count). The van der Waals surface area contributed by atoms with Gasteiger partial charge in [-0.05, 0) is 18.2 Å². The van der Waals surface area contributed by atoms with E-state index in [0.717, 1.165) is 6.41 Å². The summed E-state index contributed by atoms with van der Waals surface area (Å²) in [6, 6.07) is 6.62. The van der Waals surface area contributed by atoms with Crippen LogP contribution >= 0.6 is 23.2 Å². The molecule has 0 aliphatic carbocycles. The summed E-state index contributed by atoms with van der Waals surface area (Å²) in [4.78, 5) is 34.8. The van der Waals surface area contributed by atoms with Crippen LogP contribution < -0.4 is 5.32 Å². The van der Waals surface area contributed by atoms with Crippen LogP contribution in [0.4, 0.5) is 11.5 Å². The highest BCUT2D eigenvalue weighted by Crippen LogP contribution is 2.27. The summed E-state index contributed by atoms with van der Waals surface area (Å²) in [6.45, 7) is 2.00. The van der Waals surface area contributed by atoms with Crippen molar-refractivity contribution in [2.45, 2.75) is 0 Å². The number of carbonyl (C=O) groups is 2. The van der Waals surface area contributed by atoms with Gasteiger partial charge in [-0.1, -0.05) is 23.2 Å². The van der Waals surface area contributed by atoms with E-state index in [1.165, 1.54) is 6.33 Å². The summed E-state index contributed by atoms with van der Waals surface area (Å²) in [5, 5.41) is 4.03. The van der Waals surface area contributed by atoms with Crippen LogP contribution in [-0.2, 0) is 4.79 Å². The molecule has 1 aromatic heterocycles. The fraction of sp³-hybridized carbons (Fsp3) is 0.250. The molecule has 1 fully saturated rings. The molecule has 1 aliphatic rings. The van der Waals surface area contributed by atoms with Gasteiger partial charge in [0.1, 0.15) is 17.8 Å². The Morgan fingerprint density at radius 1 is 1.12 bits per heavy atom. The molecule has 2 aromatic rings. The van der Waals surface area contributed by atoms with Gasteiger partial charge in [0.2, 0.25) is 6.41 Å². The lowest BCUT2D eigenvalue weighted by Gasteiger charge is -2.32. The molecule has 1 saturated heterocycles. The van der Waals surface area contributed by atoms with E-state index in [1.54, 1.807) is 34.1 Å². The number of nitrogens with one attached hydrogen (secondary N) is 1. The Bertz CT molecular complexity index is 794. The molecule has 7 nitrogen and oxygen atoms in total. The number of carbonyl (C=O) groups excluding carboxylic acids is 2. The van der Waals surface area contributed by atoms with Gasteiger partial charge in [0, 0.05) is 37.3 Å². The Morgan fingerprint density at radius 3 is 2.56 bits per heavy atom. The highest BCUT2D eigenvalue weighted by atomic mass is 35.5. The molecule has 0 saturated carbocycles. The first-order chi connectivity index (χ1) is 12.1. The molecule has 0 bridgehead atoms. The van der Waals surface area contributed by atoms with Gasteiger partial charge in [-0.3, -0.25) is 9.59 Å². The van der Waals surface area contributed by atoms with E-state index in [1.807, 2.05) is 0 Å². The molecule has 1 N–H and O–H groups in total. The van der Waals surface area contributed by atoms with Crippen molar-refractivity contribution in [3.63, 3.8) is 0 Å². The molecule has 0 unspecified atom stereocenters. The Kier molecular flexibility index (Phi) is 5.35. The number of rotatable bonds is 4. The van der Waals surface area contributed by atoms with Crippen molar-refractivity contribution < 1.29 is 9.59 Å². The number of hydrogen-bond donors (Lipinski definition) is 1. The number of piperazine rings is 1. The standard InChI is InChI=1S/C16H15Cl2N5O2/c17-11-1-2-13(12(18)7-11)21-15-8-14(19-9-20-15)16(25)23-5-3-22(10-24)4-6-23/h1-2,7-10H,3-6H2,(H,19,20,21). The molecular weight excluding hydrogens is 365 g/mol. The van der Waals surface area contributed by atoms with Crippen LogP contribution in [-0.4, -0.2) is 58.3 Å². The zero-order valence-corrected chi connectivity index (χ0v) is 14.7. The summed E-state index contributed by atoms with van der Waals surface area (Å²) in [5.41, 5.74) is 0.907. The lowest BCUT2D eigenvalue weighted by molar-refractivity contribution is -0.119.